The molecule has 0 amide bonds. The van der Waals surface area contributed by atoms with Gasteiger partial charge in [-0.05, 0) is 31.4 Å². The van der Waals surface area contributed by atoms with Crippen molar-refractivity contribution in [1.29, 1.82) is 0 Å². The standard InChI is InChI=1S/C15H18O4/c1-17-12-4-3-5-13(18-2)14(12)15(16)10-8-9-6-7-11(10)19-9/h3-5,9-11H,6-8H2,1-2H3. The Hall–Kier alpha value is -1.55. The minimum atomic E-state index is -0.0519. The molecule has 4 heteroatoms. The van der Waals surface area contributed by atoms with Crippen LogP contribution in [0.5, 0.6) is 11.5 Å². The number of carbonyl (C=O) groups excluding carboxylic acids is 1. The van der Waals surface area contributed by atoms with Gasteiger partial charge in [0, 0.05) is 0 Å². The third kappa shape index (κ3) is 2.00. The summed E-state index contributed by atoms with van der Waals surface area (Å²) in [4.78, 5) is 12.8. The van der Waals surface area contributed by atoms with E-state index in [0.717, 1.165) is 19.3 Å². The first-order valence-electron chi connectivity index (χ1n) is 6.65. The van der Waals surface area contributed by atoms with Crippen molar-refractivity contribution >= 4 is 5.78 Å². The maximum Gasteiger partial charge on any atom is 0.176 e. The summed E-state index contributed by atoms with van der Waals surface area (Å²) in [6, 6.07) is 5.42. The highest BCUT2D eigenvalue weighted by Crippen LogP contribution is 2.42. The Kier molecular flexibility index (Phi) is 3.19. The van der Waals surface area contributed by atoms with E-state index in [1.54, 1.807) is 26.4 Å². The molecule has 2 aliphatic heterocycles. The molecule has 4 nitrogen and oxygen atoms in total. The number of methoxy groups -OCH3 is 2. The highest BCUT2D eigenvalue weighted by molar-refractivity contribution is 6.03. The fraction of sp³-hybridized carbons (Fsp3) is 0.533. The van der Waals surface area contributed by atoms with E-state index in [9.17, 15) is 4.79 Å². The number of carbonyl (C=O) groups is 1. The van der Waals surface area contributed by atoms with Crippen LogP contribution in [-0.2, 0) is 4.74 Å². The van der Waals surface area contributed by atoms with Crippen LogP contribution in [0.3, 0.4) is 0 Å². The van der Waals surface area contributed by atoms with Crippen molar-refractivity contribution in [2.75, 3.05) is 14.2 Å². The quantitative estimate of drug-likeness (QED) is 0.782. The van der Waals surface area contributed by atoms with E-state index >= 15 is 0 Å². The second kappa shape index (κ2) is 4.85. The smallest absolute Gasteiger partial charge is 0.176 e. The van der Waals surface area contributed by atoms with Crippen LogP contribution in [0, 0.1) is 5.92 Å². The van der Waals surface area contributed by atoms with Gasteiger partial charge in [0.15, 0.2) is 5.78 Å². The fourth-order valence-corrected chi connectivity index (χ4v) is 3.19. The van der Waals surface area contributed by atoms with Crippen LogP contribution in [0.25, 0.3) is 0 Å². The first kappa shape index (κ1) is 12.5. The summed E-state index contributed by atoms with van der Waals surface area (Å²) in [7, 11) is 3.14. The molecule has 3 atom stereocenters. The molecular formula is C15H18O4. The average Bonchev–Trinajstić information content (AvgIpc) is 3.08. The van der Waals surface area contributed by atoms with Crippen molar-refractivity contribution in [1.82, 2.24) is 0 Å². The Morgan fingerprint density at radius 1 is 1.21 bits per heavy atom. The van der Waals surface area contributed by atoms with Crippen molar-refractivity contribution < 1.29 is 19.0 Å². The van der Waals surface area contributed by atoms with E-state index in [2.05, 4.69) is 0 Å². The van der Waals surface area contributed by atoms with E-state index in [1.807, 2.05) is 6.07 Å². The summed E-state index contributed by atoms with van der Waals surface area (Å²) in [6.07, 6.45) is 3.23. The molecule has 0 saturated carbocycles. The number of benzene rings is 1. The number of Topliss-reactive ketones (excluding diaryl/α,β-unsaturated/α-hetero) is 1. The molecule has 2 saturated heterocycles. The highest BCUT2D eigenvalue weighted by Gasteiger charge is 2.45. The molecule has 0 N–H and O–H groups in total. The van der Waals surface area contributed by atoms with Crippen molar-refractivity contribution in [2.45, 2.75) is 31.5 Å². The van der Waals surface area contributed by atoms with E-state index in [0.29, 0.717) is 17.1 Å². The molecule has 102 valence electrons. The molecule has 0 radical (unpaired) electrons. The van der Waals surface area contributed by atoms with Gasteiger partial charge in [0.05, 0.1) is 32.3 Å². The Morgan fingerprint density at radius 3 is 2.37 bits per heavy atom. The summed E-state index contributed by atoms with van der Waals surface area (Å²) >= 11 is 0. The predicted octanol–water partition coefficient (Wildman–Crippen LogP) is 2.45. The van der Waals surface area contributed by atoms with Crippen LogP contribution in [0.2, 0.25) is 0 Å². The largest absolute Gasteiger partial charge is 0.496 e. The zero-order valence-electron chi connectivity index (χ0n) is 11.2. The normalized spacial score (nSPS) is 28.4. The van der Waals surface area contributed by atoms with Gasteiger partial charge in [0.1, 0.15) is 17.1 Å². The number of ether oxygens (including phenoxy) is 3. The summed E-state index contributed by atoms with van der Waals surface area (Å²) < 4.78 is 16.4. The van der Waals surface area contributed by atoms with Crippen LogP contribution < -0.4 is 9.47 Å². The van der Waals surface area contributed by atoms with Crippen molar-refractivity contribution in [3.63, 3.8) is 0 Å². The molecule has 3 rings (SSSR count). The van der Waals surface area contributed by atoms with Gasteiger partial charge in [-0.15, -0.1) is 0 Å². The van der Waals surface area contributed by atoms with E-state index in [1.165, 1.54) is 0 Å². The van der Waals surface area contributed by atoms with Crippen molar-refractivity contribution in [2.24, 2.45) is 5.92 Å². The molecule has 1 aromatic rings. The molecule has 0 aliphatic carbocycles. The summed E-state index contributed by atoms with van der Waals surface area (Å²) in [5, 5.41) is 0. The molecule has 19 heavy (non-hydrogen) atoms. The van der Waals surface area contributed by atoms with Crippen LogP contribution in [0.1, 0.15) is 29.6 Å². The van der Waals surface area contributed by atoms with Crippen molar-refractivity contribution in [3.05, 3.63) is 23.8 Å². The molecule has 0 spiro atoms. The summed E-state index contributed by atoms with van der Waals surface area (Å²) in [5.74, 6) is 1.18. The number of hydrogen-bond donors (Lipinski definition) is 0. The lowest BCUT2D eigenvalue weighted by Gasteiger charge is -2.20. The SMILES string of the molecule is COc1cccc(OC)c1C(=O)C1CC2CCC1O2. The predicted molar refractivity (Wildman–Crippen MR) is 69.9 cm³/mol. The first-order valence-corrected chi connectivity index (χ1v) is 6.65. The average molecular weight is 262 g/mol. The molecule has 0 aromatic heterocycles. The number of rotatable bonds is 4. The monoisotopic (exact) mass is 262 g/mol. The van der Waals surface area contributed by atoms with Crippen LogP contribution in [-0.4, -0.2) is 32.2 Å². The van der Waals surface area contributed by atoms with Crippen molar-refractivity contribution in [3.8, 4) is 11.5 Å². The molecule has 2 fully saturated rings. The molecule has 3 unspecified atom stereocenters. The molecule has 2 aliphatic rings. The summed E-state index contributed by atoms with van der Waals surface area (Å²) in [5.41, 5.74) is 0.550. The molecule has 2 heterocycles. The Labute approximate surface area is 112 Å². The second-order valence-corrected chi connectivity index (χ2v) is 5.12. The summed E-state index contributed by atoms with van der Waals surface area (Å²) in [6.45, 7) is 0. The Morgan fingerprint density at radius 2 is 1.89 bits per heavy atom. The Balaban J connectivity index is 1.95. The fourth-order valence-electron chi connectivity index (χ4n) is 3.19. The lowest BCUT2D eigenvalue weighted by molar-refractivity contribution is 0.0739. The van der Waals surface area contributed by atoms with Crippen LogP contribution in [0.4, 0.5) is 0 Å². The van der Waals surface area contributed by atoms with Gasteiger partial charge in [-0.25, -0.2) is 0 Å². The maximum absolute atomic E-state index is 12.8. The topological polar surface area (TPSA) is 44.8 Å². The lowest BCUT2D eigenvalue weighted by atomic mass is 9.83. The zero-order valence-corrected chi connectivity index (χ0v) is 11.2. The third-order valence-corrected chi connectivity index (χ3v) is 4.12. The second-order valence-electron chi connectivity index (χ2n) is 5.12. The molecule has 2 bridgehead atoms. The first-order chi connectivity index (χ1) is 9.24. The van der Waals surface area contributed by atoms with Gasteiger partial charge in [0.2, 0.25) is 0 Å². The van der Waals surface area contributed by atoms with Gasteiger partial charge in [0.25, 0.3) is 0 Å². The van der Waals surface area contributed by atoms with Crippen LogP contribution >= 0.6 is 0 Å². The third-order valence-electron chi connectivity index (χ3n) is 4.12. The molecular weight excluding hydrogens is 244 g/mol. The number of hydrogen-bond acceptors (Lipinski definition) is 4. The zero-order chi connectivity index (χ0) is 13.4. The van der Waals surface area contributed by atoms with E-state index in [4.69, 9.17) is 14.2 Å². The molecule has 1 aromatic carbocycles. The highest BCUT2D eigenvalue weighted by atomic mass is 16.5. The van der Waals surface area contributed by atoms with Gasteiger partial charge in [-0.2, -0.15) is 0 Å². The van der Waals surface area contributed by atoms with Gasteiger partial charge in [-0.1, -0.05) is 6.07 Å². The maximum atomic E-state index is 12.8. The van der Waals surface area contributed by atoms with Gasteiger partial charge < -0.3 is 14.2 Å². The van der Waals surface area contributed by atoms with Gasteiger partial charge >= 0.3 is 0 Å². The number of fused-ring (bicyclic) bond motifs is 2. The van der Waals surface area contributed by atoms with Crippen LogP contribution in [0.15, 0.2) is 18.2 Å². The minimum Gasteiger partial charge on any atom is -0.496 e. The lowest BCUT2D eigenvalue weighted by Crippen LogP contribution is -2.26. The van der Waals surface area contributed by atoms with Gasteiger partial charge in [-0.3, -0.25) is 4.79 Å². The minimum absolute atomic E-state index is 0.0519. The Bertz CT molecular complexity index is 475. The van der Waals surface area contributed by atoms with E-state index in [-0.39, 0.29) is 23.9 Å². The van der Waals surface area contributed by atoms with E-state index < -0.39 is 0 Å². The number of ketones is 1.